The molecule has 38 heteroatoms. The number of aromatic carboxylic acids is 1. The maximum absolute atomic E-state index is 13.2. The standard InChI is InChI=1S/C76H88N22O15S/c1-96(41-46-39-85-67-63(87-46)65(77)92-74(79)94-67)48-13-8-43(9-14-48)69(103)90-56(72(107)108)22-24-60(101)82-26-4-2-6-29-97(30-7-3-5-27-83-61(102)25-23-57(73(109)110)91-70(104)44-10-15-49(16-11-44)98(81)42-47-40-86-68-64(88-47)66(78)93-75(80)95-68)31-33-112-35-34-111-32-28-84-76(114)89-45-12-19-52(55(36-45)71(105)106)62-53-20-17-50(99)37-58(53)113-59-38-51(100)18-21-54(59)62/h8-21,36-40,56-57,99H,2-7,22-35,41-42,81H2,1H3,(H,82,101)(H,83,102)(H,90,103)(H,91,104)(H,105,106)(H,107,108)(H,109,110)(H2,84,89,114)(H4,77,79,85,92,94)(H4,78,80,86,93,95)/t56-,57-/m0/s1. The zero-order valence-electron chi connectivity index (χ0n) is 62.2. The Morgan fingerprint density at radius 2 is 1.11 bits per heavy atom. The number of phenols is 1. The van der Waals surface area contributed by atoms with Gasteiger partial charge in [0.25, 0.3) is 11.8 Å². The number of aromatic nitrogens is 8. The van der Waals surface area contributed by atoms with Gasteiger partial charge in [-0.2, -0.15) is 19.9 Å². The summed E-state index contributed by atoms with van der Waals surface area (Å²) >= 11 is 5.53. The molecule has 4 amide bonds. The SMILES string of the molecule is CN(Cc1cnc2nc(N)nc(N)c2n1)c1ccc(C(=O)N[C@@H](CCC(=O)NCCCCCN(CCCCCNC(=O)CC[C@H](NC(=O)c2ccc(N(N)Cc3cnc4nc(N)nc(N)c4n3)cc2)C(=O)O)CCOCCOCCNC(=S)Nc2ccc(-c3c4ccc(=O)cc-4oc4cc(O)ccc34)c(C(=O)O)c2)C(=O)O)cc1. The van der Waals surface area contributed by atoms with E-state index in [1.54, 1.807) is 66.9 Å². The number of aromatic hydroxyl groups is 1. The number of fused-ring (bicyclic) bond motifs is 4. The van der Waals surface area contributed by atoms with Crippen molar-refractivity contribution in [2.24, 2.45) is 5.84 Å². The highest BCUT2D eigenvalue weighted by Gasteiger charge is 2.27. The summed E-state index contributed by atoms with van der Waals surface area (Å²) in [4.78, 5) is 139. The van der Waals surface area contributed by atoms with Crippen LogP contribution in [-0.4, -0.2) is 197 Å². The van der Waals surface area contributed by atoms with E-state index in [1.165, 1.54) is 53.7 Å². The van der Waals surface area contributed by atoms with Crippen molar-refractivity contribution < 1.29 is 67.9 Å². The van der Waals surface area contributed by atoms with Gasteiger partial charge >= 0.3 is 17.9 Å². The van der Waals surface area contributed by atoms with Gasteiger partial charge in [-0.1, -0.05) is 18.9 Å². The van der Waals surface area contributed by atoms with E-state index in [9.17, 15) is 58.8 Å². The fraction of sp³-hybridized carbons (Fsp3) is 0.329. The first-order valence-corrected chi connectivity index (χ1v) is 36.9. The van der Waals surface area contributed by atoms with Crippen LogP contribution in [-0.2, 0) is 41.7 Å². The van der Waals surface area contributed by atoms with Crippen LogP contribution in [0.25, 0.3) is 55.7 Å². The summed E-state index contributed by atoms with van der Waals surface area (Å²) < 4.78 is 17.7. The number of nitrogen functional groups attached to an aromatic ring is 4. The molecular formula is C76H88N22O15S. The normalized spacial score (nSPS) is 11.8. The predicted molar refractivity (Wildman–Crippen MR) is 429 cm³/mol. The van der Waals surface area contributed by atoms with Gasteiger partial charge < -0.3 is 104 Å². The highest BCUT2D eigenvalue weighted by atomic mass is 32.1. The van der Waals surface area contributed by atoms with Crippen LogP contribution in [0.5, 0.6) is 5.75 Å². The Morgan fingerprint density at radius 3 is 1.68 bits per heavy atom. The van der Waals surface area contributed by atoms with Crippen molar-refractivity contribution >= 4 is 133 Å². The number of carboxylic acid groups (broad SMARTS) is 3. The number of aliphatic carboxylic acids is 2. The van der Waals surface area contributed by atoms with Crippen LogP contribution in [0.3, 0.4) is 0 Å². The zero-order valence-corrected chi connectivity index (χ0v) is 63.0. The van der Waals surface area contributed by atoms with Crippen molar-refractivity contribution in [2.75, 3.05) is 111 Å². The number of phenolic OH excluding ortho intramolecular Hbond substituents is 1. The Labute approximate surface area is 657 Å². The lowest BCUT2D eigenvalue weighted by molar-refractivity contribution is -0.140. The summed E-state index contributed by atoms with van der Waals surface area (Å²) in [7, 11) is 1.81. The third kappa shape index (κ3) is 23.7. The van der Waals surface area contributed by atoms with Gasteiger partial charge in [-0.05, 0) is 154 Å². The molecule has 0 bridgehead atoms. The lowest BCUT2D eigenvalue weighted by atomic mass is 9.90. The van der Waals surface area contributed by atoms with Gasteiger partial charge in [0.05, 0.1) is 74.5 Å². The number of amides is 4. The van der Waals surface area contributed by atoms with Crippen molar-refractivity contribution in [1.29, 1.82) is 0 Å². The number of carboxylic acids is 3. The number of nitrogens with zero attached hydrogens (tertiary/aromatic N) is 11. The second-order valence-electron chi connectivity index (χ2n) is 26.5. The molecule has 598 valence electrons. The fourth-order valence-electron chi connectivity index (χ4n) is 12.3. The molecule has 0 unspecified atom stereocenters. The summed E-state index contributed by atoms with van der Waals surface area (Å²) in [6.45, 7) is 4.63. The van der Waals surface area contributed by atoms with Crippen LogP contribution < -0.4 is 76.0 Å². The average molecular weight is 1580 g/mol. The molecule has 1 aliphatic carbocycles. The van der Waals surface area contributed by atoms with Crippen molar-refractivity contribution in [2.45, 2.75) is 89.4 Å². The minimum atomic E-state index is -1.35. The van der Waals surface area contributed by atoms with E-state index < -0.39 is 41.8 Å². The predicted octanol–water partition coefficient (Wildman–Crippen LogP) is 4.80. The smallest absolute Gasteiger partial charge is 0.336 e. The number of nitrogens with two attached hydrogens (primary N) is 5. The molecule has 5 heterocycles. The molecule has 0 saturated carbocycles. The molecule has 0 saturated heterocycles. The number of hydrazine groups is 1. The van der Waals surface area contributed by atoms with Crippen LogP contribution in [0, 0.1) is 0 Å². The highest BCUT2D eigenvalue weighted by molar-refractivity contribution is 7.80. The van der Waals surface area contributed by atoms with Crippen LogP contribution in [0.1, 0.15) is 107 Å². The number of carbonyl (C=O) groups excluding carboxylic acids is 4. The van der Waals surface area contributed by atoms with Gasteiger partial charge in [0.15, 0.2) is 44.5 Å². The van der Waals surface area contributed by atoms with E-state index in [-0.39, 0.29) is 142 Å². The quantitative estimate of drug-likeness (QED) is 0.00803. The maximum atomic E-state index is 13.2. The number of benzene rings is 5. The van der Waals surface area contributed by atoms with Gasteiger partial charge in [-0.25, -0.2) is 40.2 Å². The molecule has 37 nitrogen and oxygen atoms in total. The van der Waals surface area contributed by atoms with E-state index >= 15 is 0 Å². The molecule has 2 atom stereocenters. The summed E-state index contributed by atoms with van der Waals surface area (Å²) in [5.41, 5.74) is 28.6. The number of hydrogen-bond donors (Lipinski definition) is 15. The largest absolute Gasteiger partial charge is 0.508 e. The molecule has 114 heavy (non-hydrogen) atoms. The van der Waals surface area contributed by atoms with E-state index in [4.69, 9.17) is 54.9 Å². The summed E-state index contributed by atoms with van der Waals surface area (Å²) in [6.07, 6.45) is 6.74. The minimum absolute atomic E-state index is 0.0166. The van der Waals surface area contributed by atoms with E-state index in [0.29, 0.717) is 122 Å². The van der Waals surface area contributed by atoms with Crippen molar-refractivity contribution in [3.8, 4) is 28.2 Å². The third-order valence-corrected chi connectivity index (χ3v) is 18.4. The molecule has 0 fully saturated rings. The Balaban J connectivity index is 0.635. The zero-order chi connectivity index (χ0) is 81.4. The number of ether oxygens (including phenoxy) is 2. The molecule has 2 aliphatic rings. The molecule has 1 aliphatic heterocycles. The molecule has 8 aromatic rings. The first-order chi connectivity index (χ1) is 54.8. The molecule has 0 spiro atoms. The summed E-state index contributed by atoms with van der Waals surface area (Å²) in [5, 5.41) is 59.5. The molecule has 10 rings (SSSR count). The number of unbranched alkanes of at least 4 members (excludes halogenated alkanes) is 4. The van der Waals surface area contributed by atoms with Crippen LogP contribution in [0.15, 0.2) is 125 Å². The van der Waals surface area contributed by atoms with Crippen molar-refractivity contribution in [3.05, 3.63) is 154 Å². The first kappa shape index (κ1) is 83.3. The van der Waals surface area contributed by atoms with Gasteiger partial charge in [0.2, 0.25) is 23.7 Å². The van der Waals surface area contributed by atoms with Crippen molar-refractivity contribution in [1.82, 2.24) is 71.4 Å². The summed E-state index contributed by atoms with van der Waals surface area (Å²) in [6, 6.07) is 23.5. The molecule has 4 aromatic carbocycles. The lowest BCUT2D eigenvalue weighted by Crippen LogP contribution is -2.41. The Kier molecular flexibility index (Phi) is 29.3. The molecule has 4 aromatic heterocycles. The Morgan fingerprint density at radius 1 is 0.570 bits per heavy atom. The maximum Gasteiger partial charge on any atom is 0.336 e. The third-order valence-electron chi connectivity index (χ3n) is 18.1. The van der Waals surface area contributed by atoms with Crippen LogP contribution in [0.4, 0.5) is 40.6 Å². The van der Waals surface area contributed by atoms with E-state index in [1.807, 2.05) is 11.9 Å². The Hall–Kier alpha value is -13.2. The Bertz CT molecular complexity index is 4940. The number of rotatable bonds is 42. The molecule has 20 N–H and O–H groups in total. The average Bonchev–Trinajstić information content (AvgIpc) is 0.746. The second kappa shape index (κ2) is 40.2. The lowest BCUT2D eigenvalue weighted by Gasteiger charge is -2.22. The first-order valence-electron chi connectivity index (χ1n) is 36.5. The van der Waals surface area contributed by atoms with Gasteiger partial charge in [0.1, 0.15) is 29.2 Å². The minimum Gasteiger partial charge on any atom is -0.508 e. The van der Waals surface area contributed by atoms with Crippen molar-refractivity contribution in [3.63, 3.8) is 0 Å². The number of carbonyl (C=O) groups is 7. The van der Waals surface area contributed by atoms with Gasteiger partial charge in [-0.15, -0.1) is 0 Å². The van der Waals surface area contributed by atoms with E-state index in [0.717, 1.165) is 31.4 Å². The van der Waals surface area contributed by atoms with Crippen LogP contribution in [0.2, 0.25) is 0 Å². The molecular weight excluding hydrogens is 1490 g/mol. The molecule has 0 radical (unpaired) electrons. The van der Waals surface area contributed by atoms with Gasteiger partial charge in [-0.3, -0.25) is 24.0 Å². The topological polar surface area (TPSA) is 564 Å². The van der Waals surface area contributed by atoms with E-state index in [2.05, 4.69) is 76.7 Å². The number of hydrogen-bond acceptors (Lipinski definition) is 29. The monoisotopic (exact) mass is 1580 g/mol. The number of nitrogens with one attached hydrogen (secondary N) is 6. The number of thiocarbonyl (C=S) groups is 1. The fourth-order valence-corrected chi connectivity index (χ4v) is 12.5. The highest BCUT2D eigenvalue weighted by Crippen LogP contribution is 2.42. The summed E-state index contributed by atoms with van der Waals surface area (Å²) in [5.74, 6) is 0.734. The number of anilines is 7. The van der Waals surface area contributed by atoms with Crippen LogP contribution >= 0.6 is 12.2 Å². The second-order valence-corrected chi connectivity index (χ2v) is 26.9. The van der Waals surface area contributed by atoms with Gasteiger partial charge in [0, 0.05) is 97.2 Å².